The van der Waals surface area contributed by atoms with Crippen LogP contribution in [-0.2, 0) is 10.8 Å². The predicted molar refractivity (Wildman–Crippen MR) is 315 cm³/mol. The van der Waals surface area contributed by atoms with Crippen LogP contribution in [-0.4, -0.2) is 4.57 Å². The highest BCUT2D eigenvalue weighted by atomic mass is 15.1. The van der Waals surface area contributed by atoms with Crippen LogP contribution in [0.2, 0.25) is 0 Å². The van der Waals surface area contributed by atoms with E-state index in [-0.39, 0.29) is 0 Å². The summed E-state index contributed by atoms with van der Waals surface area (Å²) in [5.74, 6) is 0. The first-order valence-electron chi connectivity index (χ1n) is 26.5. The molecule has 0 radical (unpaired) electrons. The Morgan fingerprint density at radius 2 is 0.645 bits per heavy atom. The van der Waals surface area contributed by atoms with E-state index in [0.29, 0.717) is 0 Å². The molecule has 3 aliphatic carbocycles. The minimum atomic E-state index is -0.493. The van der Waals surface area contributed by atoms with Gasteiger partial charge in [0.1, 0.15) is 0 Å². The molecule has 0 N–H and O–H groups in total. The van der Waals surface area contributed by atoms with Crippen LogP contribution in [0.1, 0.15) is 44.5 Å². The fourth-order valence-electron chi connectivity index (χ4n) is 14.1. The molecule has 1 spiro atoms. The van der Waals surface area contributed by atoms with Crippen molar-refractivity contribution in [1.82, 2.24) is 4.57 Å². The maximum atomic E-state index is 2.48. The van der Waals surface area contributed by atoms with Gasteiger partial charge < -0.3 is 9.47 Å². The van der Waals surface area contributed by atoms with Crippen LogP contribution in [0.5, 0.6) is 0 Å². The van der Waals surface area contributed by atoms with Crippen molar-refractivity contribution in [2.45, 2.75) is 10.8 Å². The molecule has 76 heavy (non-hydrogen) atoms. The lowest BCUT2D eigenvalue weighted by Gasteiger charge is -2.34. The van der Waals surface area contributed by atoms with Gasteiger partial charge in [-0.05, 0) is 156 Å². The lowest BCUT2D eigenvalue weighted by Crippen LogP contribution is -2.28. The maximum absolute atomic E-state index is 2.48. The van der Waals surface area contributed by atoms with E-state index in [2.05, 4.69) is 301 Å². The summed E-state index contributed by atoms with van der Waals surface area (Å²) in [6.45, 7) is 0. The van der Waals surface area contributed by atoms with E-state index in [1.54, 1.807) is 0 Å². The van der Waals surface area contributed by atoms with Gasteiger partial charge in [-0.1, -0.05) is 224 Å². The minimum absolute atomic E-state index is 0.423. The average molecular weight is 965 g/mol. The third-order valence-electron chi connectivity index (χ3n) is 17.1. The Kier molecular flexibility index (Phi) is 9.20. The quantitative estimate of drug-likeness (QED) is 0.155. The van der Waals surface area contributed by atoms with Crippen molar-refractivity contribution in [2.75, 3.05) is 4.90 Å². The smallest absolute Gasteiger partial charge is 0.0725 e. The Labute approximate surface area is 442 Å². The van der Waals surface area contributed by atoms with Crippen molar-refractivity contribution in [3.8, 4) is 50.2 Å². The Morgan fingerprint density at radius 3 is 1.20 bits per heavy atom. The molecule has 1 aromatic heterocycles. The van der Waals surface area contributed by atoms with Gasteiger partial charge in [-0.3, -0.25) is 0 Å². The van der Waals surface area contributed by atoms with E-state index in [1.807, 2.05) is 0 Å². The zero-order chi connectivity index (χ0) is 50.0. The summed E-state index contributed by atoms with van der Waals surface area (Å²) in [4.78, 5) is 2.48. The second kappa shape index (κ2) is 16.4. The number of benzene rings is 12. The zero-order valence-electron chi connectivity index (χ0n) is 41.6. The summed E-state index contributed by atoms with van der Waals surface area (Å²) in [6.07, 6.45) is 0. The van der Waals surface area contributed by atoms with Crippen molar-refractivity contribution in [3.63, 3.8) is 0 Å². The van der Waals surface area contributed by atoms with E-state index >= 15 is 0 Å². The van der Waals surface area contributed by atoms with Crippen molar-refractivity contribution in [2.24, 2.45) is 0 Å². The number of hydrogen-bond donors (Lipinski definition) is 0. The Bertz CT molecular complexity index is 4270. The third kappa shape index (κ3) is 5.81. The molecule has 2 nitrogen and oxygen atoms in total. The third-order valence-corrected chi connectivity index (χ3v) is 17.1. The molecule has 0 bridgehead atoms. The summed E-state index contributed by atoms with van der Waals surface area (Å²) in [5.41, 5.74) is 26.5. The van der Waals surface area contributed by atoms with Crippen LogP contribution in [0, 0.1) is 0 Å². The van der Waals surface area contributed by atoms with Crippen LogP contribution in [0.15, 0.2) is 291 Å². The first-order valence-corrected chi connectivity index (χ1v) is 26.5. The van der Waals surface area contributed by atoms with E-state index < -0.39 is 10.8 Å². The second-order valence-electron chi connectivity index (χ2n) is 20.7. The standard InChI is InChI=1S/C74H48N2/c1-4-20-51(21-5-1)73(52-22-6-2-7-23-52)65-31-15-12-28-59(65)62-47-55(41-43-69(62)73)75(54-39-36-49(37-40-54)50-38-45-72-64(46-50)61-30-14-19-35-71(61)76(72)53-24-8-3-9-25-53)56-42-44-70-63(48-56)60-29-13-18-34-68(60)74(70)66-32-16-10-26-57(66)58-27-11-17-33-67(58)74/h1-48H. The van der Waals surface area contributed by atoms with Gasteiger partial charge in [-0.25, -0.2) is 0 Å². The van der Waals surface area contributed by atoms with Crippen molar-refractivity contribution in [3.05, 3.63) is 336 Å². The summed E-state index contributed by atoms with van der Waals surface area (Å²) >= 11 is 0. The number of fused-ring (bicyclic) bond motifs is 16. The Hall–Kier alpha value is -9.76. The summed E-state index contributed by atoms with van der Waals surface area (Å²) in [6, 6.07) is 109. The highest BCUT2D eigenvalue weighted by molar-refractivity contribution is 6.10. The van der Waals surface area contributed by atoms with Crippen LogP contribution in [0.25, 0.3) is 72.0 Å². The molecular formula is C74H48N2. The van der Waals surface area contributed by atoms with E-state index in [1.165, 1.54) is 111 Å². The molecule has 2 heteroatoms. The van der Waals surface area contributed by atoms with Gasteiger partial charge in [0.2, 0.25) is 0 Å². The molecule has 0 saturated carbocycles. The van der Waals surface area contributed by atoms with Gasteiger partial charge in [0.05, 0.1) is 21.9 Å². The monoisotopic (exact) mass is 964 g/mol. The molecule has 0 unspecified atom stereocenters. The van der Waals surface area contributed by atoms with Gasteiger partial charge >= 0.3 is 0 Å². The molecule has 1 heterocycles. The molecule has 0 saturated heterocycles. The normalized spacial score (nSPS) is 13.7. The summed E-state index contributed by atoms with van der Waals surface area (Å²) in [7, 11) is 0. The lowest BCUT2D eigenvalue weighted by atomic mass is 9.68. The predicted octanol–water partition coefficient (Wildman–Crippen LogP) is 18.6. The first-order chi connectivity index (χ1) is 37.7. The molecular weight excluding hydrogens is 917 g/mol. The fourth-order valence-corrected chi connectivity index (χ4v) is 14.1. The molecule has 16 rings (SSSR count). The van der Waals surface area contributed by atoms with Crippen molar-refractivity contribution in [1.29, 1.82) is 0 Å². The van der Waals surface area contributed by atoms with Crippen LogP contribution in [0.4, 0.5) is 17.1 Å². The topological polar surface area (TPSA) is 8.17 Å². The fraction of sp³-hybridized carbons (Fsp3) is 0.0270. The minimum Gasteiger partial charge on any atom is -0.310 e. The van der Waals surface area contributed by atoms with Crippen LogP contribution in [0.3, 0.4) is 0 Å². The lowest BCUT2D eigenvalue weighted by molar-refractivity contribution is 0.768. The van der Waals surface area contributed by atoms with Crippen molar-refractivity contribution >= 4 is 38.9 Å². The zero-order valence-corrected chi connectivity index (χ0v) is 41.6. The molecule has 12 aromatic carbocycles. The first kappa shape index (κ1) is 42.7. The van der Waals surface area contributed by atoms with E-state index in [9.17, 15) is 0 Å². The van der Waals surface area contributed by atoms with E-state index in [4.69, 9.17) is 0 Å². The molecule has 3 aliphatic rings. The maximum Gasteiger partial charge on any atom is 0.0725 e. The molecule has 13 aromatic rings. The van der Waals surface area contributed by atoms with Gasteiger partial charge in [-0.2, -0.15) is 0 Å². The molecule has 0 amide bonds. The van der Waals surface area contributed by atoms with Crippen LogP contribution >= 0.6 is 0 Å². The summed E-state index contributed by atoms with van der Waals surface area (Å²) in [5, 5.41) is 2.49. The SMILES string of the molecule is c1ccc(-n2c3ccccc3c3cc(-c4ccc(N(c5ccc6c(c5)-c5ccccc5C6(c5ccccc5)c5ccccc5)c5ccc6c(c5)-c5ccccc5C65c6ccccc6-c6ccccc65)cc4)ccc32)cc1. The molecule has 0 fully saturated rings. The molecule has 354 valence electrons. The van der Waals surface area contributed by atoms with Gasteiger partial charge in [0, 0.05) is 33.5 Å². The van der Waals surface area contributed by atoms with E-state index in [0.717, 1.165) is 22.7 Å². The van der Waals surface area contributed by atoms with Gasteiger partial charge in [0.25, 0.3) is 0 Å². The molecule has 0 atom stereocenters. The number of para-hydroxylation sites is 2. The van der Waals surface area contributed by atoms with Gasteiger partial charge in [-0.15, -0.1) is 0 Å². The number of rotatable bonds is 7. The number of anilines is 3. The second-order valence-corrected chi connectivity index (χ2v) is 20.7. The van der Waals surface area contributed by atoms with Crippen molar-refractivity contribution < 1.29 is 0 Å². The average Bonchev–Trinajstić information content (AvgIpc) is 4.39. The largest absolute Gasteiger partial charge is 0.310 e. The Morgan fingerprint density at radius 1 is 0.250 bits per heavy atom. The Balaban J connectivity index is 0.895. The highest BCUT2D eigenvalue weighted by Gasteiger charge is 2.52. The number of aromatic nitrogens is 1. The van der Waals surface area contributed by atoms with Gasteiger partial charge in [0.15, 0.2) is 0 Å². The summed E-state index contributed by atoms with van der Waals surface area (Å²) < 4.78 is 2.38. The highest BCUT2D eigenvalue weighted by Crippen LogP contribution is 2.64. The van der Waals surface area contributed by atoms with Crippen LogP contribution < -0.4 is 4.90 Å². The number of nitrogens with zero attached hydrogens (tertiary/aromatic N) is 2. The number of hydrogen-bond acceptors (Lipinski definition) is 1. The molecule has 0 aliphatic heterocycles.